The second-order valence-electron chi connectivity index (χ2n) is 6.01. The molecule has 0 amide bonds. The first-order chi connectivity index (χ1) is 8.73. The van der Waals surface area contributed by atoms with E-state index in [2.05, 4.69) is 0 Å². The summed E-state index contributed by atoms with van der Waals surface area (Å²) in [6.45, 7) is 7.57. The molecule has 0 aromatic carbocycles. The smallest absolute Gasteiger partial charge is 0.227 e. The van der Waals surface area contributed by atoms with Crippen molar-refractivity contribution in [2.24, 2.45) is 0 Å². The Morgan fingerprint density at radius 2 is 2.11 bits per heavy atom. The fourth-order valence-electron chi connectivity index (χ4n) is 2.46. The molecular weight excluding hydrogens is 248 g/mol. The van der Waals surface area contributed by atoms with Crippen LogP contribution in [0.3, 0.4) is 0 Å². The quantitative estimate of drug-likeness (QED) is 0.906. The van der Waals surface area contributed by atoms with Gasteiger partial charge in [0.1, 0.15) is 30.3 Å². The van der Waals surface area contributed by atoms with Crippen molar-refractivity contribution in [3.05, 3.63) is 28.3 Å². The van der Waals surface area contributed by atoms with Crippen LogP contribution in [0.4, 0.5) is 0 Å². The Balaban J connectivity index is 2.20. The van der Waals surface area contributed by atoms with Crippen molar-refractivity contribution in [3.63, 3.8) is 0 Å². The number of aliphatic hydroxyl groups is 1. The normalized spacial score (nSPS) is 24.4. The highest BCUT2D eigenvalue weighted by molar-refractivity contribution is 5.18. The summed E-state index contributed by atoms with van der Waals surface area (Å²) in [6, 6.07) is 1.24. The highest BCUT2D eigenvalue weighted by Crippen LogP contribution is 2.39. The summed E-state index contributed by atoms with van der Waals surface area (Å²) in [5, 5.41) is 8.90. The molecule has 1 saturated heterocycles. The maximum atomic E-state index is 11.8. The summed E-state index contributed by atoms with van der Waals surface area (Å²) in [5.41, 5.74) is -1.04. The second-order valence-corrected chi connectivity index (χ2v) is 6.01. The highest BCUT2D eigenvalue weighted by Gasteiger charge is 2.47. The molecular formula is C14H20O5. The third-order valence-electron chi connectivity index (χ3n) is 3.27. The maximum Gasteiger partial charge on any atom is 0.227 e. The van der Waals surface area contributed by atoms with Crippen LogP contribution in [0.25, 0.3) is 0 Å². The number of aliphatic hydroxyl groups excluding tert-OH is 1. The van der Waals surface area contributed by atoms with E-state index in [1.54, 1.807) is 0 Å². The Morgan fingerprint density at radius 3 is 2.58 bits per heavy atom. The minimum Gasteiger partial charge on any atom is -0.480 e. The molecule has 1 N–H and O–H groups in total. The molecule has 5 heteroatoms. The van der Waals surface area contributed by atoms with Gasteiger partial charge in [0.15, 0.2) is 0 Å². The molecule has 1 aliphatic heterocycles. The van der Waals surface area contributed by atoms with Crippen molar-refractivity contribution >= 4 is 0 Å². The zero-order valence-electron chi connectivity index (χ0n) is 11.7. The first kappa shape index (κ1) is 14.1. The third-order valence-corrected chi connectivity index (χ3v) is 3.27. The van der Waals surface area contributed by atoms with Gasteiger partial charge in [0.25, 0.3) is 0 Å². The zero-order valence-corrected chi connectivity index (χ0v) is 11.7. The van der Waals surface area contributed by atoms with Crippen molar-refractivity contribution in [3.8, 4) is 5.75 Å². The van der Waals surface area contributed by atoms with Crippen LogP contribution in [-0.2, 0) is 11.3 Å². The summed E-state index contributed by atoms with van der Waals surface area (Å²) in [5.74, 6) is 0.371. The van der Waals surface area contributed by atoms with Gasteiger partial charge >= 0.3 is 0 Å². The summed E-state index contributed by atoms with van der Waals surface area (Å²) in [6.07, 6.45) is 1.72. The predicted octanol–water partition coefficient (Wildman–Crippen LogP) is 1.86. The molecule has 1 aromatic rings. The van der Waals surface area contributed by atoms with Crippen LogP contribution in [0.2, 0.25) is 0 Å². The molecule has 1 aromatic heterocycles. The summed E-state index contributed by atoms with van der Waals surface area (Å²) < 4.78 is 16.8. The molecule has 0 saturated carbocycles. The zero-order chi connectivity index (χ0) is 14.3. The lowest BCUT2D eigenvalue weighted by atomic mass is 9.97. The Labute approximate surface area is 112 Å². The first-order valence-electron chi connectivity index (χ1n) is 6.33. The van der Waals surface area contributed by atoms with E-state index in [1.165, 1.54) is 12.3 Å². The molecule has 1 fully saturated rings. The second kappa shape index (κ2) is 4.65. The molecule has 0 bridgehead atoms. The van der Waals surface area contributed by atoms with E-state index >= 15 is 0 Å². The highest BCUT2D eigenvalue weighted by atomic mass is 16.6. The van der Waals surface area contributed by atoms with Gasteiger partial charge in [0.2, 0.25) is 11.2 Å². The van der Waals surface area contributed by atoms with Gasteiger partial charge in [0, 0.05) is 12.5 Å². The van der Waals surface area contributed by atoms with Gasteiger partial charge in [-0.25, -0.2) is 0 Å². The van der Waals surface area contributed by atoms with Crippen LogP contribution in [0, 0.1) is 0 Å². The molecule has 0 aliphatic carbocycles. The van der Waals surface area contributed by atoms with Crippen molar-refractivity contribution in [2.75, 3.05) is 0 Å². The van der Waals surface area contributed by atoms with E-state index in [4.69, 9.17) is 19.0 Å². The van der Waals surface area contributed by atoms with Gasteiger partial charge < -0.3 is 19.0 Å². The Kier molecular flexibility index (Phi) is 3.45. The third kappa shape index (κ3) is 2.98. The molecule has 2 rings (SSSR count). The number of rotatable bonds is 3. The summed E-state index contributed by atoms with van der Waals surface area (Å²) >= 11 is 0. The van der Waals surface area contributed by atoms with Crippen LogP contribution in [0.5, 0.6) is 5.75 Å². The minimum atomic E-state index is -0.467. The van der Waals surface area contributed by atoms with Gasteiger partial charge in [-0.05, 0) is 27.7 Å². The van der Waals surface area contributed by atoms with Crippen molar-refractivity contribution in [2.45, 2.75) is 58.0 Å². The average molecular weight is 268 g/mol. The topological polar surface area (TPSA) is 68.9 Å². The minimum absolute atomic E-state index is 0.150. The number of ether oxygens (including phenoxy) is 2. The molecule has 0 radical (unpaired) electrons. The molecule has 0 spiro atoms. The van der Waals surface area contributed by atoms with E-state index in [0.717, 1.165) is 0 Å². The SMILES string of the molecule is CC1(C)CC(Oc2coc(CO)cc2=O)C(C)(C)O1. The lowest BCUT2D eigenvalue weighted by Crippen LogP contribution is -2.37. The van der Waals surface area contributed by atoms with Gasteiger partial charge in [0.05, 0.1) is 5.60 Å². The molecule has 1 aliphatic rings. The lowest BCUT2D eigenvalue weighted by molar-refractivity contribution is -0.0848. The van der Waals surface area contributed by atoms with E-state index in [0.29, 0.717) is 6.42 Å². The van der Waals surface area contributed by atoms with Gasteiger partial charge in [-0.1, -0.05) is 0 Å². The fourth-order valence-corrected chi connectivity index (χ4v) is 2.46. The van der Waals surface area contributed by atoms with Crippen molar-refractivity contribution < 1.29 is 19.0 Å². The molecule has 106 valence electrons. The van der Waals surface area contributed by atoms with Crippen molar-refractivity contribution in [1.29, 1.82) is 0 Å². The molecule has 1 atom stereocenters. The molecule has 1 unspecified atom stereocenters. The van der Waals surface area contributed by atoms with Crippen LogP contribution < -0.4 is 10.2 Å². The number of hydrogen-bond acceptors (Lipinski definition) is 5. The molecule has 5 nitrogen and oxygen atoms in total. The van der Waals surface area contributed by atoms with Crippen LogP contribution in [0.15, 0.2) is 21.5 Å². The van der Waals surface area contributed by atoms with Gasteiger partial charge in [-0.15, -0.1) is 0 Å². The molecule has 19 heavy (non-hydrogen) atoms. The van der Waals surface area contributed by atoms with Gasteiger partial charge in [-0.2, -0.15) is 0 Å². The Morgan fingerprint density at radius 1 is 1.42 bits per heavy atom. The van der Waals surface area contributed by atoms with E-state index < -0.39 is 5.60 Å². The summed E-state index contributed by atoms with van der Waals surface area (Å²) in [7, 11) is 0. The predicted molar refractivity (Wildman–Crippen MR) is 69.2 cm³/mol. The van der Waals surface area contributed by atoms with Gasteiger partial charge in [-0.3, -0.25) is 4.79 Å². The fraction of sp³-hybridized carbons (Fsp3) is 0.643. The van der Waals surface area contributed by atoms with E-state index in [1.807, 2.05) is 27.7 Å². The van der Waals surface area contributed by atoms with Crippen LogP contribution in [0.1, 0.15) is 39.9 Å². The largest absolute Gasteiger partial charge is 0.480 e. The lowest BCUT2D eigenvalue weighted by Gasteiger charge is -2.27. The first-order valence-corrected chi connectivity index (χ1v) is 6.33. The Bertz CT molecular complexity index is 515. The van der Waals surface area contributed by atoms with Crippen molar-refractivity contribution in [1.82, 2.24) is 0 Å². The standard InChI is InChI=1S/C14H20O5/c1-13(2)6-12(14(3,4)19-13)18-11-8-17-9(7-15)5-10(11)16/h5,8,12,15H,6-7H2,1-4H3. The molecule has 2 heterocycles. The van der Waals surface area contributed by atoms with E-state index in [-0.39, 0.29) is 35.3 Å². The van der Waals surface area contributed by atoms with E-state index in [9.17, 15) is 4.79 Å². The monoisotopic (exact) mass is 268 g/mol. The average Bonchev–Trinajstić information content (AvgIpc) is 2.49. The maximum absolute atomic E-state index is 11.8. The Hall–Kier alpha value is -1.33. The number of hydrogen-bond donors (Lipinski definition) is 1. The summed E-state index contributed by atoms with van der Waals surface area (Å²) in [4.78, 5) is 11.8. The van der Waals surface area contributed by atoms with Crippen LogP contribution in [-0.4, -0.2) is 22.4 Å². The van der Waals surface area contributed by atoms with Crippen LogP contribution >= 0.6 is 0 Å².